The first-order valence-electron chi connectivity index (χ1n) is 6.30. The lowest BCUT2D eigenvalue weighted by Crippen LogP contribution is -1.83. The third kappa shape index (κ3) is 3.03. The van der Waals surface area contributed by atoms with Crippen molar-refractivity contribution in [1.82, 2.24) is 5.16 Å². The molecule has 0 fully saturated rings. The van der Waals surface area contributed by atoms with Gasteiger partial charge in [-0.1, -0.05) is 35.5 Å². The molecule has 20 heavy (non-hydrogen) atoms. The highest BCUT2D eigenvalue weighted by atomic mass is 32.2. The molecule has 0 saturated heterocycles. The molecule has 1 aromatic heterocycles. The Bertz CT molecular complexity index is 677. The highest BCUT2D eigenvalue weighted by Crippen LogP contribution is 2.26. The molecule has 0 atom stereocenters. The molecule has 0 aliphatic rings. The Morgan fingerprint density at radius 3 is 2.50 bits per heavy atom. The second-order valence-corrected chi connectivity index (χ2v) is 5.45. The third-order valence-corrected chi connectivity index (χ3v) is 3.93. The number of benzene rings is 2. The summed E-state index contributed by atoms with van der Waals surface area (Å²) in [5.74, 6) is 1.58. The molecule has 3 rings (SSSR count). The van der Waals surface area contributed by atoms with E-state index in [-0.39, 0.29) is 0 Å². The van der Waals surface area contributed by atoms with Crippen LogP contribution in [0.2, 0.25) is 0 Å². The predicted molar refractivity (Wildman–Crippen MR) is 82.4 cm³/mol. The SMILES string of the molecule is Nc1ccc(SCc2cc(-c3ccccc3)on2)cc1. The highest BCUT2D eigenvalue weighted by molar-refractivity contribution is 7.98. The number of nitrogens with two attached hydrogens (primary N) is 1. The second kappa shape index (κ2) is 5.84. The minimum Gasteiger partial charge on any atom is -0.399 e. The average Bonchev–Trinajstić information content (AvgIpc) is 2.97. The van der Waals surface area contributed by atoms with Crippen LogP contribution < -0.4 is 5.73 Å². The van der Waals surface area contributed by atoms with Crippen molar-refractivity contribution < 1.29 is 4.52 Å². The first-order chi connectivity index (χ1) is 9.81. The maximum atomic E-state index is 5.67. The van der Waals surface area contributed by atoms with Gasteiger partial charge in [0.2, 0.25) is 0 Å². The Hall–Kier alpha value is -2.20. The first kappa shape index (κ1) is 12.8. The molecular formula is C16H14N2OS. The molecule has 0 amide bonds. The zero-order valence-electron chi connectivity index (χ0n) is 10.8. The van der Waals surface area contributed by atoms with Crippen LogP contribution in [0.25, 0.3) is 11.3 Å². The number of hydrogen-bond acceptors (Lipinski definition) is 4. The molecule has 1 heterocycles. The Labute approximate surface area is 121 Å². The van der Waals surface area contributed by atoms with Crippen LogP contribution in [0.4, 0.5) is 5.69 Å². The number of hydrogen-bond donors (Lipinski definition) is 1. The van der Waals surface area contributed by atoms with Gasteiger partial charge in [0, 0.05) is 28.0 Å². The fraction of sp³-hybridized carbons (Fsp3) is 0.0625. The van der Waals surface area contributed by atoms with Gasteiger partial charge in [-0.25, -0.2) is 0 Å². The van der Waals surface area contributed by atoms with E-state index in [1.165, 1.54) is 4.90 Å². The number of thioether (sulfide) groups is 1. The molecule has 4 heteroatoms. The number of aromatic nitrogens is 1. The van der Waals surface area contributed by atoms with Crippen molar-refractivity contribution in [3.63, 3.8) is 0 Å². The lowest BCUT2D eigenvalue weighted by Gasteiger charge is -1.99. The summed E-state index contributed by atoms with van der Waals surface area (Å²) in [5, 5.41) is 4.10. The van der Waals surface area contributed by atoms with E-state index in [1.54, 1.807) is 11.8 Å². The molecule has 0 aliphatic heterocycles. The summed E-state index contributed by atoms with van der Waals surface area (Å²) in [6, 6.07) is 19.8. The van der Waals surface area contributed by atoms with E-state index in [0.29, 0.717) is 0 Å². The van der Waals surface area contributed by atoms with E-state index in [9.17, 15) is 0 Å². The molecule has 2 aromatic carbocycles. The van der Waals surface area contributed by atoms with Crippen LogP contribution in [0.5, 0.6) is 0 Å². The van der Waals surface area contributed by atoms with Gasteiger partial charge in [0.25, 0.3) is 0 Å². The smallest absolute Gasteiger partial charge is 0.167 e. The van der Waals surface area contributed by atoms with Gasteiger partial charge in [0.15, 0.2) is 5.76 Å². The zero-order chi connectivity index (χ0) is 13.8. The minimum atomic E-state index is 0.778. The second-order valence-electron chi connectivity index (χ2n) is 4.41. The number of anilines is 1. The van der Waals surface area contributed by atoms with Gasteiger partial charge in [-0.3, -0.25) is 0 Å². The van der Waals surface area contributed by atoms with Crippen molar-refractivity contribution in [2.24, 2.45) is 0 Å². The summed E-state index contributed by atoms with van der Waals surface area (Å²) < 4.78 is 5.37. The van der Waals surface area contributed by atoms with E-state index in [0.717, 1.165) is 28.5 Å². The highest BCUT2D eigenvalue weighted by Gasteiger charge is 2.06. The molecule has 0 aliphatic carbocycles. The van der Waals surface area contributed by atoms with Gasteiger partial charge in [0.1, 0.15) is 0 Å². The normalized spacial score (nSPS) is 10.6. The van der Waals surface area contributed by atoms with Crippen molar-refractivity contribution in [2.45, 2.75) is 10.6 Å². The van der Waals surface area contributed by atoms with Gasteiger partial charge in [0.05, 0.1) is 5.69 Å². The zero-order valence-corrected chi connectivity index (χ0v) is 11.6. The van der Waals surface area contributed by atoms with Crippen LogP contribution >= 0.6 is 11.8 Å². The lowest BCUT2D eigenvalue weighted by molar-refractivity contribution is 0.426. The van der Waals surface area contributed by atoms with Crippen LogP contribution in [0.1, 0.15) is 5.69 Å². The standard InChI is InChI=1S/C16H14N2OS/c17-13-6-8-15(9-7-13)20-11-14-10-16(19-18-14)12-4-2-1-3-5-12/h1-10H,11,17H2. The topological polar surface area (TPSA) is 52.0 Å². The summed E-state index contributed by atoms with van der Waals surface area (Å²) >= 11 is 1.71. The molecule has 3 nitrogen and oxygen atoms in total. The quantitative estimate of drug-likeness (QED) is 0.575. The van der Waals surface area contributed by atoms with E-state index in [1.807, 2.05) is 60.7 Å². The Morgan fingerprint density at radius 1 is 1.00 bits per heavy atom. The number of nitrogens with zero attached hydrogens (tertiary/aromatic N) is 1. The van der Waals surface area contributed by atoms with E-state index in [4.69, 9.17) is 10.3 Å². The molecule has 0 unspecified atom stereocenters. The van der Waals surface area contributed by atoms with Crippen LogP contribution in [-0.4, -0.2) is 5.16 Å². The average molecular weight is 282 g/mol. The number of rotatable bonds is 4. The fourth-order valence-corrected chi connectivity index (χ4v) is 2.62. The molecule has 100 valence electrons. The van der Waals surface area contributed by atoms with Crippen LogP contribution in [0.3, 0.4) is 0 Å². The summed E-state index contributed by atoms with van der Waals surface area (Å²) in [7, 11) is 0. The van der Waals surface area contributed by atoms with E-state index < -0.39 is 0 Å². The van der Waals surface area contributed by atoms with Gasteiger partial charge >= 0.3 is 0 Å². The first-order valence-corrected chi connectivity index (χ1v) is 7.29. The Balaban J connectivity index is 1.67. The predicted octanol–water partition coefficient (Wildman–Crippen LogP) is 4.22. The maximum Gasteiger partial charge on any atom is 0.167 e. The van der Waals surface area contributed by atoms with E-state index >= 15 is 0 Å². The van der Waals surface area contributed by atoms with Crippen molar-refractivity contribution in [2.75, 3.05) is 5.73 Å². The summed E-state index contributed by atoms with van der Waals surface area (Å²) in [6.45, 7) is 0. The summed E-state index contributed by atoms with van der Waals surface area (Å²) in [4.78, 5) is 1.17. The van der Waals surface area contributed by atoms with Crippen LogP contribution in [0, 0.1) is 0 Å². The minimum absolute atomic E-state index is 0.778. The fourth-order valence-electron chi connectivity index (χ4n) is 1.84. The Kier molecular flexibility index (Phi) is 3.74. The van der Waals surface area contributed by atoms with Crippen LogP contribution in [-0.2, 0) is 5.75 Å². The molecule has 0 radical (unpaired) electrons. The summed E-state index contributed by atoms with van der Waals surface area (Å²) in [6.07, 6.45) is 0. The molecule has 0 saturated carbocycles. The Morgan fingerprint density at radius 2 is 1.75 bits per heavy atom. The van der Waals surface area contributed by atoms with Gasteiger partial charge < -0.3 is 10.3 Å². The van der Waals surface area contributed by atoms with Crippen molar-refractivity contribution in [3.05, 3.63) is 66.4 Å². The van der Waals surface area contributed by atoms with Gasteiger partial charge in [-0.15, -0.1) is 11.8 Å². The molecular weight excluding hydrogens is 268 g/mol. The molecule has 0 spiro atoms. The van der Waals surface area contributed by atoms with Gasteiger partial charge in [-0.05, 0) is 24.3 Å². The molecule has 3 aromatic rings. The van der Waals surface area contributed by atoms with Crippen molar-refractivity contribution in [3.8, 4) is 11.3 Å². The maximum absolute atomic E-state index is 5.67. The number of nitrogen functional groups attached to an aromatic ring is 1. The van der Waals surface area contributed by atoms with Crippen LogP contribution in [0.15, 0.2) is 70.1 Å². The van der Waals surface area contributed by atoms with E-state index in [2.05, 4.69) is 5.16 Å². The van der Waals surface area contributed by atoms with Crippen molar-refractivity contribution >= 4 is 17.4 Å². The third-order valence-electron chi connectivity index (χ3n) is 2.88. The monoisotopic (exact) mass is 282 g/mol. The van der Waals surface area contributed by atoms with Gasteiger partial charge in [-0.2, -0.15) is 0 Å². The molecule has 0 bridgehead atoms. The summed E-state index contributed by atoms with van der Waals surface area (Å²) in [5.41, 5.74) is 8.43. The largest absolute Gasteiger partial charge is 0.399 e. The lowest BCUT2D eigenvalue weighted by atomic mass is 10.2. The molecule has 2 N–H and O–H groups in total. The van der Waals surface area contributed by atoms with Crippen molar-refractivity contribution in [1.29, 1.82) is 0 Å².